The summed E-state index contributed by atoms with van der Waals surface area (Å²) < 4.78 is 18.1. The SMILES string of the molecule is c1ccc2c(c1)ncn2CCOCC1COCO1. The molecule has 1 aliphatic heterocycles. The summed E-state index contributed by atoms with van der Waals surface area (Å²) in [7, 11) is 0. The quantitative estimate of drug-likeness (QED) is 0.751. The Morgan fingerprint density at radius 2 is 2.33 bits per heavy atom. The summed E-state index contributed by atoms with van der Waals surface area (Å²) in [4.78, 5) is 4.34. The number of imidazole rings is 1. The van der Waals surface area contributed by atoms with Crippen molar-refractivity contribution in [3.63, 3.8) is 0 Å². The predicted octanol–water partition coefficient (Wildman–Crippen LogP) is 1.43. The summed E-state index contributed by atoms with van der Waals surface area (Å²) in [6.07, 6.45) is 1.94. The molecule has 0 N–H and O–H groups in total. The highest BCUT2D eigenvalue weighted by atomic mass is 16.7. The molecule has 5 heteroatoms. The maximum atomic E-state index is 5.59. The predicted molar refractivity (Wildman–Crippen MR) is 66.2 cm³/mol. The molecule has 1 aliphatic rings. The molecule has 0 radical (unpaired) electrons. The molecule has 0 bridgehead atoms. The smallest absolute Gasteiger partial charge is 0.147 e. The van der Waals surface area contributed by atoms with Crippen molar-refractivity contribution in [2.24, 2.45) is 0 Å². The molecule has 1 atom stereocenters. The van der Waals surface area contributed by atoms with Gasteiger partial charge in [0.25, 0.3) is 0 Å². The van der Waals surface area contributed by atoms with Gasteiger partial charge in [-0.25, -0.2) is 4.98 Å². The van der Waals surface area contributed by atoms with Gasteiger partial charge in [-0.15, -0.1) is 0 Å². The molecule has 1 aromatic heterocycles. The van der Waals surface area contributed by atoms with Crippen molar-refractivity contribution in [2.75, 3.05) is 26.6 Å². The highest BCUT2D eigenvalue weighted by Gasteiger charge is 2.15. The van der Waals surface area contributed by atoms with Crippen LogP contribution in [-0.2, 0) is 20.8 Å². The van der Waals surface area contributed by atoms with E-state index < -0.39 is 0 Å². The average Bonchev–Trinajstić information content (AvgIpc) is 3.04. The summed E-state index contributed by atoms with van der Waals surface area (Å²) in [5, 5.41) is 0. The normalized spacial score (nSPS) is 19.7. The minimum absolute atomic E-state index is 0.0875. The second-order valence-electron chi connectivity index (χ2n) is 4.28. The van der Waals surface area contributed by atoms with E-state index in [4.69, 9.17) is 14.2 Å². The van der Waals surface area contributed by atoms with Crippen LogP contribution in [-0.4, -0.2) is 42.3 Å². The van der Waals surface area contributed by atoms with Crippen LogP contribution in [0.2, 0.25) is 0 Å². The minimum atomic E-state index is 0.0875. The molecule has 1 unspecified atom stereocenters. The van der Waals surface area contributed by atoms with E-state index in [-0.39, 0.29) is 6.10 Å². The molecule has 96 valence electrons. The van der Waals surface area contributed by atoms with Gasteiger partial charge in [0.05, 0.1) is 37.2 Å². The van der Waals surface area contributed by atoms with E-state index in [9.17, 15) is 0 Å². The molecule has 0 amide bonds. The Balaban J connectivity index is 1.50. The monoisotopic (exact) mass is 248 g/mol. The van der Waals surface area contributed by atoms with Gasteiger partial charge in [0.15, 0.2) is 0 Å². The van der Waals surface area contributed by atoms with Crippen molar-refractivity contribution in [3.05, 3.63) is 30.6 Å². The highest BCUT2D eigenvalue weighted by Crippen LogP contribution is 2.11. The fraction of sp³-hybridized carbons (Fsp3) is 0.462. The van der Waals surface area contributed by atoms with E-state index in [1.807, 2.05) is 24.5 Å². The molecule has 5 nitrogen and oxygen atoms in total. The zero-order valence-corrected chi connectivity index (χ0v) is 10.1. The van der Waals surface area contributed by atoms with Crippen LogP contribution in [0, 0.1) is 0 Å². The average molecular weight is 248 g/mol. The van der Waals surface area contributed by atoms with Gasteiger partial charge in [-0.05, 0) is 12.1 Å². The zero-order valence-electron chi connectivity index (χ0n) is 10.1. The Hall–Kier alpha value is -1.43. The minimum Gasteiger partial charge on any atom is -0.377 e. The van der Waals surface area contributed by atoms with Crippen molar-refractivity contribution < 1.29 is 14.2 Å². The highest BCUT2D eigenvalue weighted by molar-refractivity contribution is 5.74. The molecule has 1 fully saturated rings. The summed E-state index contributed by atoms with van der Waals surface area (Å²) in [5.41, 5.74) is 2.16. The molecular weight excluding hydrogens is 232 g/mol. The Morgan fingerprint density at radius 3 is 3.22 bits per heavy atom. The van der Waals surface area contributed by atoms with Crippen LogP contribution in [0.4, 0.5) is 0 Å². The van der Waals surface area contributed by atoms with E-state index in [0.29, 0.717) is 26.6 Å². The molecule has 2 aromatic rings. The topological polar surface area (TPSA) is 45.5 Å². The van der Waals surface area contributed by atoms with Crippen LogP contribution < -0.4 is 0 Å². The lowest BCUT2D eigenvalue weighted by Crippen LogP contribution is -2.19. The van der Waals surface area contributed by atoms with Crippen LogP contribution >= 0.6 is 0 Å². The Labute approximate surface area is 105 Å². The molecule has 1 saturated heterocycles. The standard InChI is InChI=1S/C13H16N2O3/c1-2-4-13-12(3-1)14-9-15(13)5-6-16-7-11-8-17-10-18-11/h1-4,9,11H,5-8,10H2. The summed E-state index contributed by atoms with van der Waals surface area (Å²) in [5.74, 6) is 0. The van der Waals surface area contributed by atoms with Crippen LogP contribution in [0.1, 0.15) is 0 Å². The van der Waals surface area contributed by atoms with Gasteiger partial charge in [-0.1, -0.05) is 12.1 Å². The van der Waals surface area contributed by atoms with Crippen LogP contribution in [0.25, 0.3) is 11.0 Å². The number of benzene rings is 1. The Bertz CT molecular complexity index is 506. The van der Waals surface area contributed by atoms with Crippen molar-refractivity contribution in [1.82, 2.24) is 9.55 Å². The largest absolute Gasteiger partial charge is 0.377 e. The number of ether oxygens (including phenoxy) is 3. The molecule has 2 heterocycles. The number of para-hydroxylation sites is 2. The molecule has 3 rings (SSSR count). The number of fused-ring (bicyclic) bond motifs is 1. The van der Waals surface area contributed by atoms with Crippen molar-refractivity contribution in [2.45, 2.75) is 12.6 Å². The zero-order chi connectivity index (χ0) is 12.2. The maximum Gasteiger partial charge on any atom is 0.147 e. The third-order valence-electron chi connectivity index (χ3n) is 3.00. The summed E-state index contributed by atoms with van der Waals surface area (Å²) >= 11 is 0. The molecule has 0 spiro atoms. The number of aromatic nitrogens is 2. The van der Waals surface area contributed by atoms with Crippen molar-refractivity contribution >= 4 is 11.0 Å². The molecule has 0 saturated carbocycles. The lowest BCUT2D eigenvalue weighted by Gasteiger charge is -2.09. The lowest BCUT2D eigenvalue weighted by atomic mass is 10.3. The molecule has 18 heavy (non-hydrogen) atoms. The van der Waals surface area contributed by atoms with Crippen LogP contribution in [0.15, 0.2) is 30.6 Å². The molecule has 0 aliphatic carbocycles. The maximum absolute atomic E-state index is 5.59. The number of nitrogens with zero attached hydrogens (tertiary/aromatic N) is 2. The van der Waals surface area contributed by atoms with Gasteiger partial charge in [0, 0.05) is 6.54 Å². The van der Waals surface area contributed by atoms with Gasteiger partial charge >= 0.3 is 0 Å². The number of hydrogen-bond donors (Lipinski definition) is 0. The fourth-order valence-corrected chi connectivity index (χ4v) is 2.03. The van der Waals surface area contributed by atoms with Crippen molar-refractivity contribution in [1.29, 1.82) is 0 Å². The van der Waals surface area contributed by atoms with E-state index in [0.717, 1.165) is 17.6 Å². The van der Waals surface area contributed by atoms with Gasteiger partial charge < -0.3 is 18.8 Å². The first-order valence-electron chi connectivity index (χ1n) is 6.10. The summed E-state index contributed by atoms with van der Waals surface area (Å²) in [6, 6.07) is 8.09. The fourth-order valence-electron chi connectivity index (χ4n) is 2.03. The number of hydrogen-bond acceptors (Lipinski definition) is 4. The lowest BCUT2D eigenvalue weighted by molar-refractivity contribution is 0.00380. The van der Waals surface area contributed by atoms with Crippen LogP contribution in [0.5, 0.6) is 0 Å². The second-order valence-corrected chi connectivity index (χ2v) is 4.28. The van der Waals surface area contributed by atoms with E-state index in [2.05, 4.69) is 15.6 Å². The van der Waals surface area contributed by atoms with Gasteiger partial charge in [0.1, 0.15) is 12.9 Å². The Kier molecular flexibility index (Phi) is 3.54. The van der Waals surface area contributed by atoms with Gasteiger partial charge in [-0.3, -0.25) is 0 Å². The molecule has 1 aromatic carbocycles. The Morgan fingerprint density at radius 1 is 1.39 bits per heavy atom. The summed E-state index contributed by atoms with van der Waals surface area (Å²) in [6.45, 7) is 3.06. The second kappa shape index (κ2) is 5.48. The van der Waals surface area contributed by atoms with E-state index in [1.165, 1.54) is 0 Å². The van der Waals surface area contributed by atoms with Gasteiger partial charge in [-0.2, -0.15) is 0 Å². The first kappa shape index (κ1) is 11.6. The van der Waals surface area contributed by atoms with Crippen molar-refractivity contribution in [3.8, 4) is 0 Å². The first-order valence-corrected chi connectivity index (χ1v) is 6.10. The van der Waals surface area contributed by atoms with E-state index >= 15 is 0 Å². The van der Waals surface area contributed by atoms with Crippen LogP contribution in [0.3, 0.4) is 0 Å². The third kappa shape index (κ3) is 2.53. The first-order chi connectivity index (χ1) is 8.93. The third-order valence-corrected chi connectivity index (χ3v) is 3.00. The number of rotatable bonds is 5. The van der Waals surface area contributed by atoms with Gasteiger partial charge in [0.2, 0.25) is 0 Å². The molecular formula is C13H16N2O3. The van der Waals surface area contributed by atoms with E-state index in [1.54, 1.807) is 0 Å².